The lowest BCUT2D eigenvalue weighted by molar-refractivity contribution is 0.354. The molecule has 0 amide bonds. The Balaban J connectivity index is 2.45. The number of aryl methyl sites for hydroxylation is 2. The molecule has 0 saturated heterocycles. The molecule has 1 aromatic carbocycles. The first-order valence-corrected chi connectivity index (χ1v) is 7.81. The highest BCUT2D eigenvalue weighted by molar-refractivity contribution is 7.11. The van der Waals surface area contributed by atoms with Gasteiger partial charge >= 0.3 is 0 Å². The monoisotopic (exact) mass is 306 g/mol. The van der Waals surface area contributed by atoms with Crippen LogP contribution >= 0.6 is 11.3 Å². The van der Waals surface area contributed by atoms with Crippen LogP contribution in [0.2, 0.25) is 0 Å². The summed E-state index contributed by atoms with van der Waals surface area (Å²) in [5.41, 5.74) is 2.24. The van der Waals surface area contributed by atoms with E-state index in [-0.39, 0.29) is 6.04 Å². The number of hydrogen-bond acceptors (Lipinski definition) is 5. The second-order valence-electron chi connectivity index (χ2n) is 4.79. The van der Waals surface area contributed by atoms with E-state index in [0.29, 0.717) is 0 Å². The fraction of sp³-hybridized carbons (Fsp3) is 0.438. The van der Waals surface area contributed by atoms with Crippen LogP contribution in [-0.4, -0.2) is 25.7 Å². The van der Waals surface area contributed by atoms with Crippen molar-refractivity contribution in [3.63, 3.8) is 0 Å². The number of rotatable bonds is 6. The summed E-state index contributed by atoms with van der Waals surface area (Å²) in [5.74, 6) is 1.49. The zero-order chi connectivity index (χ0) is 15.4. The minimum atomic E-state index is 0.126. The first kappa shape index (κ1) is 15.8. The minimum absolute atomic E-state index is 0.126. The van der Waals surface area contributed by atoms with Gasteiger partial charge in [0.2, 0.25) is 0 Å². The van der Waals surface area contributed by atoms with Crippen LogP contribution in [0.15, 0.2) is 18.2 Å². The van der Waals surface area contributed by atoms with Crippen molar-refractivity contribution in [2.24, 2.45) is 0 Å². The fourth-order valence-electron chi connectivity index (χ4n) is 2.41. The van der Waals surface area contributed by atoms with E-state index in [9.17, 15) is 0 Å². The van der Waals surface area contributed by atoms with Gasteiger partial charge in [0.25, 0.3) is 0 Å². The maximum absolute atomic E-state index is 5.41. The lowest BCUT2D eigenvalue weighted by Crippen LogP contribution is -2.21. The normalized spacial score (nSPS) is 12.2. The van der Waals surface area contributed by atoms with Gasteiger partial charge in [0.05, 0.1) is 31.0 Å². The zero-order valence-electron chi connectivity index (χ0n) is 13.2. The molecule has 0 radical (unpaired) electrons. The largest absolute Gasteiger partial charge is 0.493 e. The molecule has 5 heteroatoms. The van der Waals surface area contributed by atoms with Gasteiger partial charge in [-0.2, -0.15) is 0 Å². The third kappa shape index (κ3) is 3.36. The Morgan fingerprint density at radius 2 is 1.90 bits per heavy atom. The average molecular weight is 306 g/mol. The van der Waals surface area contributed by atoms with E-state index < -0.39 is 0 Å². The van der Waals surface area contributed by atoms with Crippen molar-refractivity contribution in [1.82, 2.24) is 10.3 Å². The SMILES string of the molecule is CCNC(c1ccc(OC)c(OC)c1)c1sc(C)nc1C. The maximum Gasteiger partial charge on any atom is 0.161 e. The number of nitrogens with zero attached hydrogens (tertiary/aromatic N) is 1. The van der Waals surface area contributed by atoms with Gasteiger partial charge in [-0.1, -0.05) is 13.0 Å². The fourth-order valence-corrected chi connectivity index (χ4v) is 3.44. The second-order valence-corrected chi connectivity index (χ2v) is 6.02. The molecule has 0 aliphatic rings. The number of benzene rings is 1. The van der Waals surface area contributed by atoms with Gasteiger partial charge in [-0.25, -0.2) is 4.98 Å². The molecule has 0 bridgehead atoms. The van der Waals surface area contributed by atoms with E-state index >= 15 is 0 Å². The molecule has 0 fully saturated rings. The third-order valence-corrected chi connectivity index (χ3v) is 4.49. The Hall–Kier alpha value is -1.59. The third-order valence-electron chi connectivity index (χ3n) is 3.35. The van der Waals surface area contributed by atoms with Crippen molar-refractivity contribution < 1.29 is 9.47 Å². The first-order valence-electron chi connectivity index (χ1n) is 6.99. The van der Waals surface area contributed by atoms with Crippen LogP contribution in [-0.2, 0) is 0 Å². The number of nitrogens with one attached hydrogen (secondary N) is 1. The van der Waals surface area contributed by atoms with Crippen LogP contribution in [0, 0.1) is 13.8 Å². The summed E-state index contributed by atoms with van der Waals surface area (Å²) in [5, 5.41) is 4.62. The average Bonchev–Trinajstić information content (AvgIpc) is 2.82. The standard InChI is InChI=1S/C16H22N2O2S/c1-6-17-15(16-10(2)18-11(3)21-16)12-7-8-13(19-4)14(9-12)20-5/h7-9,15,17H,6H2,1-5H3. The summed E-state index contributed by atoms with van der Waals surface area (Å²) in [6, 6.07) is 6.17. The van der Waals surface area contributed by atoms with Gasteiger partial charge in [-0.05, 0) is 38.1 Å². The molecule has 1 aromatic heterocycles. The summed E-state index contributed by atoms with van der Waals surface area (Å²) in [6.45, 7) is 7.09. The molecule has 2 aromatic rings. The summed E-state index contributed by atoms with van der Waals surface area (Å²) >= 11 is 1.73. The van der Waals surface area contributed by atoms with Crippen LogP contribution in [0.1, 0.15) is 34.1 Å². The molecule has 0 spiro atoms. The molecule has 2 rings (SSSR count). The molecule has 114 valence electrons. The van der Waals surface area contributed by atoms with Crippen molar-refractivity contribution in [3.05, 3.63) is 39.3 Å². The van der Waals surface area contributed by atoms with Gasteiger partial charge < -0.3 is 14.8 Å². The van der Waals surface area contributed by atoms with E-state index in [0.717, 1.165) is 34.3 Å². The van der Waals surface area contributed by atoms with Gasteiger partial charge in [0.15, 0.2) is 11.5 Å². The van der Waals surface area contributed by atoms with Gasteiger partial charge in [0, 0.05) is 4.88 Å². The van der Waals surface area contributed by atoms with Crippen LogP contribution in [0.25, 0.3) is 0 Å². The molecule has 4 nitrogen and oxygen atoms in total. The Bertz CT molecular complexity index is 610. The smallest absolute Gasteiger partial charge is 0.161 e. The molecular formula is C16H22N2O2S. The second kappa shape index (κ2) is 6.91. The highest BCUT2D eigenvalue weighted by atomic mass is 32.1. The van der Waals surface area contributed by atoms with Gasteiger partial charge in [-0.15, -0.1) is 11.3 Å². The van der Waals surface area contributed by atoms with Crippen LogP contribution in [0.5, 0.6) is 11.5 Å². The topological polar surface area (TPSA) is 43.4 Å². The Morgan fingerprint density at radius 3 is 2.43 bits per heavy atom. The number of methoxy groups -OCH3 is 2. The predicted molar refractivity (Wildman–Crippen MR) is 86.7 cm³/mol. The molecule has 1 atom stereocenters. The molecule has 21 heavy (non-hydrogen) atoms. The van der Waals surface area contributed by atoms with E-state index in [2.05, 4.69) is 30.2 Å². The van der Waals surface area contributed by atoms with Crippen molar-refractivity contribution >= 4 is 11.3 Å². The highest BCUT2D eigenvalue weighted by Crippen LogP contribution is 2.35. The molecule has 0 saturated carbocycles. The lowest BCUT2D eigenvalue weighted by Gasteiger charge is -2.19. The van der Waals surface area contributed by atoms with Gasteiger partial charge in [0.1, 0.15) is 0 Å². The molecule has 1 unspecified atom stereocenters. The lowest BCUT2D eigenvalue weighted by atomic mass is 10.0. The van der Waals surface area contributed by atoms with E-state index in [1.807, 2.05) is 19.1 Å². The molecular weight excluding hydrogens is 284 g/mol. The number of ether oxygens (including phenoxy) is 2. The maximum atomic E-state index is 5.41. The zero-order valence-corrected chi connectivity index (χ0v) is 14.0. The molecule has 1 N–H and O–H groups in total. The summed E-state index contributed by atoms with van der Waals surface area (Å²) in [4.78, 5) is 5.79. The summed E-state index contributed by atoms with van der Waals surface area (Å²) in [7, 11) is 3.31. The summed E-state index contributed by atoms with van der Waals surface area (Å²) in [6.07, 6.45) is 0. The quantitative estimate of drug-likeness (QED) is 0.887. The molecule has 0 aliphatic carbocycles. The predicted octanol–water partition coefficient (Wildman–Crippen LogP) is 3.48. The van der Waals surface area contributed by atoms with Crippen LogP contribution in [0.4, 0.5) is 0 Å². The van der Waals surface area contributed by atoms with Gasteiger partial charge in [-0.3, -0.25) is 0 Å². The van der Waals surface area contributed by atoms with Crippen molar-refractivity contribution in [2.45, 2.75) is 26.8 Å². The van der Waals surface area contributed by atoms with Crippen LogP contribution < -0.4 is 14.8 Å². The number of aromatic nitrogens is 1. The van der Waals surface area contributed by atoms with Crippen molar-refractivity contribution in [1.29, 1.82) is 0 Å². The number of thiazole rings is 1. The highest BCUT2D eigenvalue weighted by Gasteiger charge is 2.20. The number of hydrogen-bond donors (Lipinski definition) is 1. The van der Waals surface area contributed by atoms with Crippen molar-refractivity contribution in [2.75, 3.05) is 20.8 Å². The Morgan fingerprint density at radius 1 is 1.19 bits per heavy atom. The minimum Gasteiger partial charge on any atom is -0.493 e. The molecule has 1 heterocycles. The summed E-state index contributed by atoms with van der Waals surface area (Å²) < 4.78 is 10.7. The Kier molecular flexibility index (Phi) is 5.20. The first-order chi connectivity index (χ1) is 10.1. The molecule has 0 aliphatic heterocycles. The van der Waals surface area contributed by atoms with Crippen molar-refractivity contribution in [3.8, 4) is 11.5 Å². The Labute approximate surface area is 130 Å². The van der Waals surface area contributed by atoms with E-state index in [1.54, 1.807) is 25.6 Å². The van der Waals surface area contributed by atoms with E-state index in [4.69, 9.17) is 9.47 Å². The van der Waals surface area contributed by atoms with Crippen LogP contribution in [0.3, 0.4) is 0 Å². The van der Waals surface area contributed by atoms with E-state index in [1.165, 1.54) is 4.88 Å².